The van der Waals surface area contributed by atoms with E-state index in [9.17, 15) is 9.59 Å². The van der Waals surface area contributed by atoms with Crippen LogP contribution in [0.5, 0.6) is 0 Å². The Balaban J connectivity index is 1.72. The van der Waals surface area contributed by atoms with Gasteiger partial charge in [-0.2, -0.15) is 0 Å². The van der Waals surface area contributed by atoms with Crippen molar-refractivity contribution in [2.45, 2.75) is 6.92 Å². The molecule has 1 aromatic heterocycles. The van der Waals surface area contributed by atoms with Crippen LogP contribution in [-0.2, 0) is 9.53 Å². The molecule has 6 heteroatoms. The van der Waals surface area contributed by atoms with E-state index in [1.165, 1.54) is 6.92 Å². The monoisotopic (exact) mass is 406 g/mol. The molecule has 0 atom stereocenters. The molecule has 0 radical (unpaired) electrons. The topological polar surface area (TPSA) is 58.6 Å². The van der Waals surface area contributed by atoms with Crippen molar-refractivity contribution in [1.29, 1.82) is 0 Å². The Morgan fingerprint density at radius 2 is 1.76 bits per heavy atom. The molecular weight excluding hydrogens is 384 g/mol. The van der Waals surface area contributed by atoms with Gasteiger partial charge in [-0.3, -0.25) is 9.59 Å². The molecule has 148 valence electrons. The average molecular weight is 407 g/mol. The zero-order chi connectivity index (χ0) is 20.2. The first-order valence-corrected chi connectivity index (χ1v) is 10.4. The maximum Gasteiger partial charge on any atom is 0.221 e. The molecule has 5 nitrogen and oxygen atoms in total. The minimum absolute atomic E-state index is 0.00397. The van der Waals surface area contributed by atoms with E-state index in [4.69, 9.17) is 4.74 Å². The number of carbonyl (C=O) groups is 1. The van der Waals surface area contributed by atoms with Gasteiger partial charge in [-0.25, -0.2) is 0 Å². The molecule has 0 spiro atoms. The Morgan fingerprint density at radius 3 is 2.55 bits per heavy atom. The summed E-state index contributed by atoms with van der Waals surface area (Å²) in [6.07, 6.45) is 0. The standard InChI is InChI=1S/C23H22N2O3S/c1-16(26)24-21-8-3-2-7-20(21)17-5-4-6-18(13-17)22-14-19(27)15-23(29-22)25-9-11-28-12-10-25/h2-8,13-15H,9-12H2,1H3,(H,24,26). The van der Waals surface area contributed by atoms with Gasteiger partial charge in [0.05, 0.1) is 18.2 Å². The van der Waals surface area contributed by atoms with Gasteiger partial charge in [0.25, 0.3) is 0 Å². The van der Waals surface area contributed by atoms with Crippen molar-refractivity contribution in [3.8, 4) is 21.6 Å². The lowest BCUT2D eigenvalue weighted by Gasteiger charge is -2.28. The van der Waals surface area contributed by atoms with Crippen LogP contribution in [0.2, 0.25) is 0 Å². The summed E-state index contributed by atoms with van der Waals surface area (Å²) in [6.45, 7) is 4.45. The third kappa shape index (κ3) is 4.55. The quantitative estimate of drug-likeness (QED) is 0.704. The van der Waals surface area contributed by atoms with Crippen molar-refractivity contribution in [3.63, 3.8) is 0 Å². The number of morpholine rings is 1. The van der Waals surface area contributed by atoms with Gasteiger partial charge in [-0.1, -0.05) is 36.4 Å². The van der Waals surface area contributed by atoms with E-state index in [-0.39, 0.29) is 11.3 Å². The van der Waals surface area contributed by atoms with E-state index in [2.05, 4.69) is 16.3 Å². The van der Waals surface area contributed by atoms with Crippen LogP contribution in [0.3, 0.4) is 0 Å². The predicted octanol–water partition coefficient (Wildman–Crippen LogP) is 4.24. The highest BCUT2D eigenvalue weighted by Gasteiger charge is 2.14. The molecule has 1 amide bonds. The molecule has 2 aromatic carbocycles. The van der Waals surface area contributed by atoms with Gasteiger partial charge in [0.1, 0.15) is 0 Å². The van der Waals surface area contributed by atoms with Gasteiger partial charge in [0, 0.05) is 48.3 Å². The number of rotatable bonds is 4. The largest absolute Gasteiger partial charge is 0.378 e. The number of benzene rings is 2. The van der Waals surface area contributed by atoms with Gasteiger partial charge in [0.2, 0.25) is 5.91 Å². The first-order chi connectivity index (χ1) is 14.1. The van der Waals surface area contributed by atoms with Crippen LogP contribution in [0, 0.1) is 0 Å². The zero-order valence-electron chi connectivity index (χ0n) is 16.2. The second kappa shape index (κ2) is 8.59. The van der Waals surface area contributed by atoms with E-state index < -0.39 is 0 Å². The normalized spacial score (nSPS) is 13.9. The molecule has 1 aliphatic heterocycles. The fourth-order valence-corrected chi connectivity index (χ4v) is 4.55. The second-order valence-electron chi connectivity index (χ2n) is 6.90. The third-order valence-electron chi connectivity index (χ3n) is 4.77. The van der Waals surface area contributed by atoms with Crippen LogP contribution >= 0.6 is 11.3 Å². The summed E-state index contributed by atoms with van der Waals surface area (Å²) < 4.78 is 5.42. The molecule has 0 aliphatic carbocycles. The first kappa shape index (κ1) is 19.4. The molecule has 0 unspecified atom stereocenters. The Morgan fingerprint density at radius 1 is 1.00 bits per heavy atom. The van der Waals surface area contributed by atoms with Crippen molar-refractivity contribution in [2.24, 2.45) is 0 Å². The third-order valence-corrected chi connectivity index (χ3v) is 5.93. The SMILES string of the molecule is CC(=O)Nc1ccccc1-c1cccc(-c2cc(=O)cc(N3CCOCC3)s2)c1. The van der Waals surface area contributed by atoms with Crippen LogP contribution in [0.15, 0.2) is 65.5 Å². The maximum atomic E-state index is 12.4. The molecule has 0 bridgehead atoms. The van der Waals surface area contributed by atoms with Crippen molar-refractivity contribution in [2.75, 3.05) is 36.5 Å². The summed E-state index contributed by atoms with van der Waals surface area (Å²) >= 11 is 1.62. The minimum Gasteiger partial charge on any atom is -0.378 e. The number of hydrogen-bond donors (Lipinski definition) is 1. The molecule has 3 aromatic rings. The lowest BCUT2D eigenvalue weighted by atomic mass is 10.0. The van der Waals surface area contributed by atoms with Crippen LogP contribution in [-0.4, -0.2) is 32.2 Å². The Hall–Kier alpha value is -2.96. The average Bonchev–Trinajstić information content (AvgIpc) is 2.74. The highest BCUT2D eigenvalue weighted by atomic mass is 32.1. The van der Waals surface area contributed by atoms with Gasteiger partial charge in [0.15, 0.2) is 5.43 Å². The van der Waals surface area contributed by atoms with E-state index >= 15 is 0 Å². The van der Waals surface area contributed by atoms with E-state index in [1.54, 1.807) is 23.5 Å². The van der Waals surface area contributed by atoms with Crippen molar-refractivity contribution in [3.05, 3.63) is 70.9 Å². The Labute approximate surface area is 173 Å². The van der Waals surface area contributed by atoms with Crippen LogP contribution < -0.4 is 15.6 Å². The number of hydrogen-bond acceptors (Lipinski definition) is 5. The minimum atomic E-state index is -0.106. The molecule has 1 fully saturated rings. The number of anilines is 2. The lowest BCUT2D eigenvalue weighted by molar-refractivity contribution is -0.114. The van der Waals surface area contributed by atoms with Crippen LogP contribution in [0.25, 0.3) is 21.6 Å². The van der Waals surface area contributed by atoms with Crippen LogP contribution in [0.1, 0.15) is 6.92 Å². The number of para-hydroxylation sites is 1. The molecule has 2 heterocycles. The van der Waals surface area contributed by atoms with E-state index in [0.29, 0.717) is 13.2 Å². The molecule has 1 saturated heterocycles. The summed E-state index contributed by atoms with van der Waals surface area (Å²) in [6, 6.07) is 19.2. The fraction of sp³-hybridized carbons (Fsp3) is 0.217. The Kier molecular flexibility index (Phi) is 5.74. The number of amides is 1. The lowest BCUT2D eigenvalue weighted by Crippen LogP contribution is -2.36. The molecule has 1 aliphatic rings. The van der Waals surface area contributed by atoms with Gasteiger partial charge in [-0.15, -0.1) is 11.3 Å². The van der Waals surface area contributed by atoms with Crippen molar-refractivity contribution >= 4 is 27.9 Å². The fourth-order valence-electron chi connectivity index (χ4n) is 3.42. The van der Waals surface area contributed by atoms with Gasteiger partial charge >= 0.3 is 0 Å². The molecule has 1 N–H and O–H groups in total. The van der Waals surface area contributed by atoms with Crippen molar-refractivity contribution in [1.82, 2.24) is 0 Å². The Bertz CT molecular complexity index is 1090. The predicted molar refractivity (Wildman–Crippen MR) is 119 cm³/mol. The molecule has 4 rings (SSSR count). The summed E-state index contributed by atoms with van der Waals surface area (Å²) in [5.41, 5.74) is 3.69. The van der Waals surface area contributed by atoms with E-state index in [1.807, 2.05) is 42.5 Å². The number of ether oxygens (including phenoxy) is 1. The molecule has 29 heavy (non-hydrogen) atoms. The van der Waals surface area contributed by atoms with E-state index in [0.717, 1.165) is 45.3 Å². The van der Waals surface area contributed by atoms with Crippen LogP contribution in [0.4, 0.5) is 10.7 Å². The summed E-state index contributed by atoms with van der Waals surface area (Å²) in [5, 5.41) is 3.86. The number of nitrogens with zero attached hydrogens (tertiary/aromatic N) is 1. The zero-order valence-corrected chi connectivity index (χ0v) is 17.0. The van der Waals surface area contributed by atoms with Gasteiger partial charge in [-0.05, 0) is 23.3 Å². The summed E-state index contributed by atoms with van der Waals surface area (Å²) in [4.78, 5) is 27.0. The molecule has 0 saturated carbocycles. The van der Waals surface area contributed by atoms with Crippen molar-refractivity contribution < 1.29 is 9.53 Å². The second-order valence-corrected chi connectivity index (χ2v) is 7.96. The molecular formula is C23H22N2O3S. The number of carbonyl (C=O) groups excluding carboxylic acids is 1. The highest BCUT2D eigenvalue weighted by Crippen LogP contribution is 2.34. The smallest absolute Gasteiger partial charge is 0.221 e. The summed E-state index contributed by atoms with van der Waals surface area (Å²) in [5.74, 6) is -0.106. The number of nitrogens with one attached hydrogen (secondary N) is 1. The maximum absolute atomic E-state index is 12.4. The highest BCUT2D eigenvalue weighted by molar-refractivity contribution is 7.19. The summed E-state index contributed by atoms with van der Waals surface area (Å²) in [7, 11) is 0. The van der Waals surface area contributed by atoms with Gasteiger partial charge < -0.3 is 15.0 Å². The first-order valence-electron chi connectivity index (χ1n) is 9.55.